The van der Waals surface area contributed by atoms with Crippen molar-refractivity contribution in [3.05, 3.63) is 0 Å². The third-order valence-electron chi connectivity index (χ3n) is 0.972. The largest absolute Gasteiger partial charge is 0.266 e. The van der Waals surface area contributed by atoms with Crippen LogP contribution >= 0.6 is 0 Å². The van der Waals surface area contributed by atoms with Gasteiger partial charge in [-0.15, -0.1) is 0 Å². The number of nitrogens with one attached hydrogen (secondary N) is 1. The van der Waals surface area contributed by atoms with Gasteiger partial charge in [0, 0.05) is 6.54 Å². The Morgan fingerprint density at radius 1 is 1.23 bits per heavy atom. The van der Waals surface area contributed by atoms with Crippen LogP contribution in [-0.4, -0.2) is 42.0 Å². The van der Waals surface area contributed by atoms with Crippen LogP contribution in [0.15, 0.2) is 0 Å². The minimum atomic E-state index is -3.53. The zero-order valence-electron chi connectivity index (χ0n) is 7.64. The molecule has 0 spiro atoms. The summed E-state index contributed by atoms with van der Waals surface area (Å²) in [4.78, 5) is 0. The molecule has 0 aliphatic heterocycles. The molecule has 0 amide bonds. The lowest BCUT2D eigenvalue weighted by atomic mass is 10.4. The fraction of sp³-hybridized carbons (Fsp3) is 1.00. The van der Waals surface area contributed by atoms with Gasteiger partial charge in [-0.3, -0.25) is 4.18 Å². The maximum Gasteiger partial charge on any atom is 0.264 e. The van der Waals surface area contributed by atoms with E-state index in [1.54, 1.807) is 0 Å². The first-order valence-electron chi connectivity index (χ1n) is 3.43. The van der Waals surface area contributed by atoms with Gasteiger partial charge in [0.25, 0.3) is 10.1 Å². The summed E-state index contributed by atoms with van der Waals surface area (Å²) in [6.45, 7) is 1.39. The monoisotopic (exact) mass is 231 g/mol. The lowest BCUT2D eigenvalue weighted by Gasteiger charge is -2.10. The molecule has 0 aromatic rings. The maximum atomic E-state index is 10.6. The van der Waals surface area contributed by atoms with Crippen molar-refractivity contribution in [1.82, 2.24) is 4.72 Å². The molecular weight excluding hydrogens is 218 g/mol. The van der Waals surface area contributed by atoms with E-state index in [1.807, 2.05) is 0 Å². The minimum absolute atomic E-state index is 0.0636. The van der Waals surface area contributed by atoms with Gasteiger partial charge in [-0.05, 0) is 6.92 Å². The molecule has 0 fully saturated rings. The van der Waals surface area contributed by atoms with E-state index in [-0.39, 0.29) is 6.54 Å². The number of hydrogen-bond donors (Lipinski definition) is 1. The van der Waals surface area contributed by atoms with Crippen LogP contribution in [0.25, 0.3) is 0 Å². The van der Waals surface area contributed by atoms with Crippen LogP contribution in [0.5, 0.6) is 0 Å². The molecule has 0 heterocycles. The molecule has 8 heteroatoms. The van der Waals surface area contributed by atoms with Crippen molar-refractivity contribution in [3.8, 4) is 0 Å². The second kappa shape index (κ2) is 4.36. The second-order valence-electron chi connectivity index (χ2n) is 2.73. The summed E-state index contributed by atoms with van der Waals surface area (Å²) < 4.78 is 48.9. The van der Waals surface area contributed by atoms with E-state index in [9.17, 15) is 16.8 Å². The number of hydrogen-bond acceptors (Lipinski definition) is 5. The first-order chi connectivity index (χ1) is 5.60. The summed E-state index contributed by atoms with van der Waals surface area (Å²) in [5, 5.41) is 0. The number of sulfonamides is 1. The molecular formula is C5H13NO5S2. The zero-order chi connectivity index (χ0) is 10.7. The van der Waals surface area contributed by atoms with Gasteiger partial charge in [-0.25, -0.2) is 13.1 Å². The van der Waals surface area contributed by atoms with Gasteiger partial charge in [-0.1, -0.05) is 0 Å². The Bertz CT molecular complexity index is 343. The average Bonchev–Trinajstić information content (AvgIpc) is 1.78. The van der Waals surface area contributed by atoms with Crippen molar-refractivity contribution in [3.63, 3.8) is 0 Å². The molecule has 0 aromatic heterocycles. The summed E-state index contributed by atoms with van der Waals surface area (Å²) >= 11 is 0. The molecule has 0 saturated carbocycles. The van der Waals surface area contributed by atoms with Crippen molar-refractivity contribution in [2.75, 3.05) is 19.1 Å². The van der Waals surface area contributed by atoms with Gasteiger partial charge in [0.1, 0.15) is 0 Å². The Morgan fingerprint density at radius 3 is 2.00 bits per heavy atom. The van der Waals surface area contributed by atoms with Gasteiger partial charge in [0.05, 0.1) is 18.6 Å². The highest BCUT2D eigenvalue weighted by molar-refractivity contribution is 7.88. The molecule has 0 saturated heterocycles. The topological polar surface area (TPSA) is 89.5 Å². The van der Waals surface area contributed by atoms with Crippen molar-refractivity contribution in [2.45, 2.75) is 13.0 Å². The van der Waals surface area contributed by atoms with Crippen molar-refractivity contribution in [1.29, 1.82) is 0 Å². The van der Waals surface area contributed by atoms with Crippen LogP contribution in [0.3, 0.4) is 0 Å². The van der Waals surface area contributed by atoms with Gasteiger partial charge >= 0.3 is 0 Å². The van der Waals surface area contributed by atoms with Gasteiger partial charge in [-0.2, -0.15) is 8.42 Å². The third kappa shape index (κ3) is 9.74. The molecule has 13 heavy (non-hydrogen) atoms. The third-order valence-corrected chi connectivity index (χ3v) is 2.34. The lowest BCUT2D eigenvalue weighted by Crippen LogP contribution is -2.32. The van der Waals surface area contributed by atoms with Crippen LogP contribution in [0, 0.1) is 0 Å². The van der Waals surface area contributed by atoms with E-state index < -0.39 is 26.2 Å². The van der Waals surface area contributed by atoms with Crippen LogP contribution < -0.4 is 4.72 Å². The van der Waals surface area contributed by atoms with E-state index in [0.29, 0.717) is 0 Å². The quantitative estimate of drug-likeness (QED) is 0.607. The van der Waals surface area contributed by atoms with Crippen LogP contribution in [0.2, 0.25) is 0 Å². The average molecular weight is 231 g/mol. The van der Waals surface area contributed by atoms with Crippen molar-refractivity contribution < 1.29 is 21.0 Å². The first kappa shape index (κ1) is 12.8. The van der Waals surface area contributed by atoms with Gasteiger partial charge in [0.2, 0.25) is 10.0 Å². The second-order valence-corrected chi connectivity index (χ2v) is 6.17. The summed E-state index contributed by atoms with van der Waals surface area (Å²) in [5.41, 5.74) is 0. The standard InChI is InChI=1S/C5H13NO5S2/c1-5(11-13(3,9)10)4-6-12(2,7)8/h5-6H,4H2,1-3H3. The van der Waals surface area contributed by atoms with E-state index >= 15 is 0 Å². The molecule has 6 nitrogen and oxygen atoms in total. The first-order valence-corrected chi connectivity index (χ1v) is 7.14. The lowest BCUT2D eigenvalue weighted by molar-refractivity contribution is 0.234. The predicted molar refractivity (Wildman–Crippen MR) is 48.2 cm³/mol. The molecule has 0 aromatic carbocycles. The highest BCUT2D eigenvalue weighted by atomic mass is 32.2. The molecule has 0 radical (unpaired) electrons. The fourth-order valence-corrected chi connectivity index (χ4v) is 1.80. The predicted octanol–water partition coefficient (Wildman–Crippen LogP) is -1.10. The smallest absolute Gasteiger partial charge is 0.264 e. The summed E-state index contributed by atoms with van der Waals surface area (Å²) in [5.74, 6) is 0. The highest BCUT2D eigenvalue weighted by Gasteiger charge is 2.11. The molecule has 0 aliphatic rings. The molecule has 1 unspecified atom stereocenters. The van der Waals surface area contributed by atoms with E-state index in [2.05, 4.69) is 8.91 Å². The molecule has 0 aliphatic carbocycles. The molecule has 0 rings (SSSR count). The normalized spacial score (nSPS) is 15.6. The zero-order valence-corrected chi connectivity index (χ0v) is 9.28. The van der Waals surface area contributed by atoms with Crippen molar-refractivity contribution >= 4 is 20.1 Å². The summed E-state index contributed by atoms with van der Waals surface area (Å²) in [7, 11) is -6.83. The highest BCUT2D eigenvalue weighted by Crippen LogP contribution is 1.95. The summed E-state index contributed by atoms with van der Waals surface area (Å²) in [6.07, 6.45) is 1.19. The Hall–Kier alpha value is -0.180. The molecule has 1 N–H and O–H groups in total. The molecule has 1 atom stereocenters. The van der Waals surface area contributed by atoms with Crippen molar-refractivity contribution in [2.24, 2.45) is 0 Å². The van der Waals surface area contributed by atoms with Gasteiger partial charge in [0.15, 0.2) is 0 Å². The Kier molecular flexibility index (Phi) is 4.30. The Morgan fingerprint density at radius 2 is 1.69 bits per heavy atom. The molecule has 80 valence electrons. The maximum absolute atomic E-state index is 10.6. The van der Waals surface area contributed by atoms with E-state index in [4.69, 9.17) is 0 Å². The SMILES string of the molecule is CC(CNS(C)(=O)=O)OS(C)(=O)=O. The fourth-order valence-electron chi connectivity index (χ4n) is 0.601. The Balaban J connectivity index is 3.98. The van der Waals surface area contributed by atoms with Crippen LogP contribution in [-0.2, 0) is 24.3 Å². The minimum Gasteiger partial charge on any atom is -0.266 e. The Labute approximate surface area is 78.5 Å². The van der Waals surface area contributed by atoms with E-state index in [0.717, 1.165) is 12.5 Å². The van der Waals surface area contributed by atoms with Crippen LogP contribution in [0.1, 0.15) is 6.92 Å². The molecule has 0 bridgehead atoms. The van der Waals surface area contributed by atoms with E-state index in [1.165, 1.54) is 6.92 Å². The number of rotatable bonds is 5. The van der Waals surface area contributed by atoms with Gasteiger partial charge < -0.3 is 0 Å². The summed E-state index contributed by atoms with van der Waals surface area (Å²) in [6, 6.07) is 0. The van der Waals surface area contributed by atoms with Crippen LogP contribution in [0.4, 0.5) is 0 Å².